The molecule has 0 radical (unpaired) electrons. The second-order valence-corrected chi connectivity index (χ2v) is 7.65. The van der Waals surface area contributed by atoms with Gasteiger partial charge in [0.25, 0.3) is 0 Å². The van der Waals surface area contributed by atoms with Crippen LogP contribution in [0, 0.1) is 6.92 Å². The Morgan fingerprint density at radius 2 is 2.20 bits per heavy atom. The van der Waals surface area contributed by atoms with Gasteiger partial charge in [0.05, 0.1) is 11.6 Å². The van der Waals surface area contributed by atoms with Crippen LogP contribution in [0.1, 0.15) is 36.7 Å². The molecule has 0 aliphatic carbocycles. The number of dihydropyridines is 1. The fourth-order valence-electron chi connectivity index (χ4n) is 3.56. The number of hydrogen-bond donors (Lipinski definition) is 3. The number of nitrogens with two attached hydrogens (primary N) is 1. The number of nitrogens with zero attached hydrogens (tertiary/aromatic N) is 3. The van der Waals surface area contributed by atoms with Crippen LogP contribution in [0.15, 0.2) is 60.5 Å². The molecular formula is C23H26N6O. The molecule has 7 nitrogen and oxygen atoms in total. The molecule has 4 N–H and O–H groups in total. The number of benzene rings is 1. The third-order valence-electron chi connectivity index (χ3n) is 5.12. The fourth-order valence-corrected chi connectivity index (χ4v) is 3.56. The molecule has 2 unspecified atom stereocenters. The Balaban J connectivity index is 1.77. The molecule has 3 heterocycles. The van der Waals surface area contributed by atoms with Crippen molar-refractivity contribution in [1.29, 1.82) is 0 Å². The maximum atomic E-state index is 11.5. The van der Waals surface area contributed by atoms with E-state index in [1.54, 1.807) is 4.68 Å². The number of aromatic nitrogens is 3. The third-order valence-corrected chi connectivity index (χ3v) is 5.12. The zero-order valence-electron chi connectivity index (χ0n) is 17.4. The predicted octanol–water partition coefficient (Wildman–Crippen LogP) is 2.80. The molecular weight excluding hydrogens is 376 g/mol. The van der Waals surface area contributed by atoms with Crippen molar-refractivity contribution in [2.45, 2.75) is 39.4 Å². The van der Waals surface area contributed by atoms with Crippen LogP contribution >= 0.6 is 0 Å². The quantitative estimate of drug-likeness (QED) is 0.610. The minimum atomic E-state index is -0.0772. The highest BCUT2D eigenvalue weighted by atomic mass is 16.1. The van der Waals surface area contributed by atoms with E-state index in [4.69, 9.17) is 10.8 Å². The molecule has 2 aromatic heterocycles. The van der Waals surface area contributed by atoms with Gasteiger partial charge in [0.2, 0.25) is 5.91 Å². The lowest BCUT2D eigenvalue weighted by atomic mass is 9.98. The van der Waals surface area contributed by atoms with Gasteiger partial charge in [0.1, 0.15) is 0 Å². The number of amides is 1. The van der Waals surface area contributed by atoms with Crippen LogP contribution in [0.3, 0.4) is 0 Å². The molecule has 0 saturated carbocycles. The van der Waals surface area contributed by atoms with Crippen LogP contribution < -0.4 is 16.4 Å². The molecule has 154 valence electrons. The molecule has 30 heavy (non-hydrogen) atoms. The van der Waals surface area contributed by atoms with Gasteiger partial charge in [-0.15, -0.1) is 0 Å². The second-order valence-electron chi connectivity index (χ2n) is 7.65. The summed E-state index contributed by atoms with van der Waals surface area (Å²) in [6, 6.07) is 9.94. The Morgan fingerprint density at radius 1 is 1.37 bits per heavy atom. The van der Waals surface area contributed by atoms with Gasteiger partial charge in [-0.1, -0.05) is 24.3 Å². The molecule has 1 aromatic carbocycles. The van der Waals surface area contributed by atoms with E-state index < -0.39 is 0 Å². The number of aryl methyl sites for hydroxylation is 1. The van der Waals surface area contributed by atoms with E-state index in [2.05, 4.69) is 33.8 Å². The molecule has 0 bridgehead atoms. The summed E-state index contributed by atoms with van der Waals surface area (Å²) in [4.78, 5) is 16.1. The highest BCUT2D eigenvalue weighted by Crippen LogP contribution is 2.28. The van der Waals surface area contributed by atoms with Gasteiger partial charge >= 0.3 is 0 Å². The number of nitrogens with one attached hydrogen (secondary N) is 2. The second kappa shape index (κ2) is 8.12. The van der Waals surface area contributed by atoms with Gasteiger partial charge in [-0.2, -0.15) is 5.10 Å². The molecule has 2 atom stereocenters. The summed E-state index contributed by atoms with van der Waals surface area (Å²) < 4.78 is 1.79. The van der Waals surface area contributed by atoms with Crippen LogP contribution in [-0.2, 0) is 11.3 Å². The smallest absolute Gasteiger partial charge is 0.217 e. The molecule has 0 saturated heterocycles. The van der Waals surface area contributed by atoms with Crippen molar-refractivity contribution in [3.8, 4) is 5.82 Å². The van der Waals surface area contributed by atoms with E-state index in [-0.39, 0.29) is 18.0 Å². The van der Waals surface area contributed by atoms with Crippen LogP contribution in [0.5, 0.6) is 0 Å². The molecule has 0 fully saturated rings. The average molecular weight is 403 g/mol. The summed E-state index contributed by atoms with van der Waals surface area (Å²) >= 11 is 0. The van der Waals surface area contributed by atoms with E-state index >= 15 is 0 Å². The number of pyridine rings is 1. The maximum absolute atomic E-state index is 11.5. The topological polar surface area (TPSA) is 97.9 Å². The number of allylic oxidation sites excluding steroid dienone is 2. The van der Waals surface area contributed by atoms with Crippen molar-refractivity contribution < 1.29 is 4.79 Å². The fraction of sp³-hybridized carbons (Fsp3) is 0.261. The molecule has 3 aromatic rings. The third kappa shape index (κ3) is 4.11. The first-order valence-electron chi connectivity index (χ1n) is 10.0. The summed E-state index contributed by atoms with van der Waals surface area (Å²) in [7, 11) is 0. The number of hydrogen-bond acceptors (Lipinski definition) is 5. The Kier molecular flexibility index (Phi) is 5.37. The SMILES string of the molecule is CC(=O)NCc1cc(C2C=CC=C(C(C)N)N2)cc2nn(-c3cccc(C)n3)cc12. The zero-order valence-corrected chi connectivity index (χ0v) is 17.4. The number of rotatable bonds is 5. The van der Waals surface area contributed by atoms with Crippen molar-refractivity contribution in [3.05, 3.63) is 77.3 Å². The highest BCUT2D eigenvalue weighted by Gasteiger charge is 2.18. The first-order valence-corrected chi connectivity index (χ1v) is 10.0. The van der Waals surface area contributed by atoms with Crippen molar-refractivity contribution in [1.82, 2.24) is 25.4 Å². The average Bonchev–Trinajstić information content (AvgIpc) is 3.16. The summed E-state index contributed by atoms with van der Waals surface area (Å²) in [5, 5.41) is 12.2. The van der Waals surface area contributed by atoms with E-state index in [0.717, 1.165) is 39.2 Å². The highest BCUT2D eigenvalue weighted by molar-refractivity contribution is 5.84. The monoisotopic (exact) mass is 402 g/mol. The molecule has 1 aliphatic rings. The molecule has 1 aliphatic heterocycles. The van der Waals surface area contributed by atoms with Crippen LogP contribution in [0.4, 0.5) is 0 Å². The predicted molar refractivity (Wildman–Crippen MR) is 118 cm³/mol. The van der Waals surface area contributed by atoms with Crippen molar-refractivity contribution in [2.75, 3.05) is 0 Å². The van der Waals surface area contributed by atoms with Gasteiger partial charge in [0.15, 0.2) is 5.82 Å². The van der Waals surface area contributed by atoms with E-state index in [0.29, 0.717) is 6.54 Å². The molecule has 1 amide bonds. The molecule has 0 spiro atoms. The van der Waals surface area contributed by atoms with Crippen molar-refractivity contribution in [2.24, 2.45) is 5.73 Å². The number of carbonyl (C=O) groups excluding carboxylic acids is 1. The van der Waals surface area contributed by atoms with E-state index in [1.165, 1.54) is 6.92 Å². The Hall–Kier alpha value is -3.45. The van der Waals surface area contributed by atoms with Gasteiger partial charge in [-0.3, -0.25) is 4.79 Å². The van der Waals surface area contributed by atoms with Crippen molar-refractivity contribution >= 4 is 16.8 Å². The Bertz CT molecular complexity index is 1160. The largest absolute Gasteiger partial charge is 0.377 e. The lowest BCUT2D eigenvalue weighted by Gasteiger charge is -2.24. The summed E-state index contributed by atoms with van der Waals surface area (Å²) in [6.45, 7) is 5.86. The Morgan fingerprint density at radius 3 is 2.93 bits per heavy atom. The number of fused-ring (bicyclic) bond motifs is 1. The summed E-state index contributed by atoms with van der Waals surface area (Å²) in [5.74, 6) is 0.690. The first-order chi connectivity index (χ1) is 14.4. The van der Waals surface area contributed by atoms with Crippen LogP contribution in [-0.4, -0.2) is 26.7 Å². The van der Waals surface area contributed by atoms with Crippen LogP contribution in [0.25, 0.3) is 16.7 Å². The molecule has 7 heteroatoms. The lowest BCUT2D eigenvalue weighted by Crippen LogP contribution is -2.32. The minimum absolute atomic E-state index is 0.0151. The minimum Gasteiger partial charge on any atom is -0.377 e. The first kappa shape index (κ1) is 19.8. The standard InChI is InChI=1S/C23H26N6O/c1-14-6-4-9-23(26-14)29-13-19-18(12-25-16(3)30)10-17(11-22(19)28-29)21-8-5-7-20(27-21)15(2)24/h4-11,13,15,21,27H,12,24H2,1-3H3,(H,25,30). The van der Waals surface area contributed by atoms with Crippen molar-refractivity contribution in [3.63, 3.8) is 0 Å². The summed E-state index contributed by atoms with van der Waals surface area (Å²) in [5.41, 5.74) is 10.9. The van der Waals surface area contributed by atoms with E-state index in [1.807, 2.05) is 50.4 Å². The zero-order chi connectivity index (χ0) is 21.3. The maximum Gasteiger partial charge on any atom is 0.217 e. The van der Waals surface area contributed by atoms with Gasteiger partial charge in [-0.05, 0) is 49.2 Å². The lowest BCUT2D eigenvalue weighted by molar-refractivity contribution is -0.119. The van der Waals surface area contributed by atoms with Crippen LogP contribution in [0.2, 0.25) is 0 Å². The summed E-state index contributed by atoms with van der Waals surface area (Å²) in [6.07, 6.45) is 8.08. The number of carbonyl (C=O) groups is 1. The van der Waals surface area contributed by atoms with Gasteiger partial charge in [0, 0.05) is 42.5 Å². The molecule has 4 rings (SSSR count). The van der Waals surface area contributed by atoms with Gasteiger partial charge in [-0.25, -0.2) is 9.67 Å². The van der Waals surface area contributed by atoms with Gasteiger partial charge < -0.3 is 16.4 Å². The Labute approximate surface area is 175 Å². The normalized spacial score (nSPS) is 16.8. The van der Waals surface area contributed by atoms with E-state index in [9.17, 15) is 4.79 Å².